The zero-order chi connectivity index (χ0) is 19.5. The lowest BCUT2D eigenvalue weighted by atomic mass is 9.73. The molecule has 2 bridgehead atoms. The third-order valence-corrected chi connectivity index (χ3v) is 7.39. The number of amides is 1. The molecule has 28 heavy (non-hydrogen) atoms. The molecule has 4 atom stereocenters. The van der Waals surface area contributed by atoms with Crippen LogP contribution in [0.2, 0.25) is 0 Å². The third kappa shape index (κ3) is 2.79. The fraction of sp³-hybridized carbons (Fsp3) is 0.609. The molecule has 3 aliphatic heterocycles. The molecule has 0 unspecified atom stereocenters. The van der Waals surface area contributed by atoms with Gasteiger partial charge >= 0.3 is 0 Å². The summed E-state index contributed by atoms with van der Waals surface area (Å²) in [6.07, 6.45) is 3.21. The summed E-state index contributed by atoms with van der Waals surface area (Å²) in [7, 11) is 2.17. The number of carbonyl (C=O) groups is 1. The summed E-state index contributed by atoms with van der Waals surface area (Å²) in [5.74, 6) is 1.15. The first-order chi connectivity index (χ1) is 13.5. The first-order valence-corrected chi connectivity index (χ1v) is 10.7. The quantitative estimate of drug-likeness (QED) is 0.866. The van der Waals surface area contributed by atoms with Crippen LogP contribution in [0, 0.1) is 18.8 Å². The van der Waals surface area contributed by atoms with Crippen LogP contribution in [-0.2, 0) is 23.1 Å². The zero-order valence-corrected chi connectivity index (χ0v) is 17.2. The SMILES string of the molecule is CCC(=O)NC[C@H]1[C@H]2CN(Cc3cc4cc(C)ccc4n3C)C[C@]23CC[C@H]1O3. The molecule has 0 saturated carbocycles. The predicted octanol–water partition coefficient (Wildman–Crippen LogP) is 2.99. The number of likely N-dealkylation sites (tertiary alicyclic amines) is 1. The maximum atomic E-state index is 11.8. The van der Waals surface area contributed by atoms with Crippen LogP contribution in [0.5, 0.6) is 0 Å². The van der Waals surface area contributed by atoms with Crippen LogP contribution in [0.1, 0.15) is 37.4 Å². The highest BCUT2D eigenvalue weighted by molar-refractivity contribution is 5.82. The van der Waals surface area contributed by atoms with E-state index in [1.165, 1.54) is 28.6 Å². The van der Waals surface area contributed by atoms with Crippen molar-refractivity contribution in [2.45, 2.75) is 51.4 Å². The molecule has 0 radical (unpaired) electrons. The maximum Gasteiger partial charge on any atom is 0.219 e. The summed E-state index contributed by atoms with van der Waals surface area (Å²) >= 11 is 0. The van der Waals surface area contributed by atoms with Gasteiger partial charge in [0.1, 0.15) is 0 Å². The Bertz CT molecular complexity index is 920. The van der Waals surface area contributed by atoms with Crippen molar-refractivity contribution >= 4 is 16.8 Å². The lowest BCUT2D eigenvalue weighted by molar-refractivity contribution is -0.121. The van der Waals surface area contributed by atoms with Crippen molar-refractivity contribution in [1.82, 2.24) is 14.8 Å². The maximum absolute atomic E-state index is 11.8. The van der Waals surface area contributed by atoms with Crippen LogP contribution in [-0.4, -0.2) is 46.7 Å². The number of benzene rings is 1. The van der Waals surface area contributed by atoms with Crippen molar-refractivity contribution < 1.29 is 9.53 Å². The third-order valence-electron chi connectivity index (χ3n) is 7.39. The van der Waals surface area contributed by atoms with Gasteiger partial charge in [-0.15, -0.1) is 0 Å². The molecule has 1 amide bonds. The van der Waals surface area contributed by atoms with Crippen LogP contribution in [0.3, 0.4) is 0 Å². The smallest absolute Gasteiger partial charge is 0.219 e. The molecule has 2 aromatic rings. The molecule has 5 nitrogen and oxygen atoms in total. The van der Waals surface area contributed by atoms with E-state index in [0.717, 1.165) is 32.6 Å². The molecule has 1 N–H and O–H groups in total. The first kappa shape index (κ1) is 18.2. The number of aryl methyl sites for hydroxylation is 2. The van der Waals surface area contributed by atoms with E-state index >= 15 is 0 Å². The summed E-state index contributed by atoms with van der Waals surface area (Å²) in [4.78, 5) is 14.3. The van der Waals surface area contributed by atoms with E-state index in [9.17, 15) is 4.79 Å². The molecule has 1 aromatic carbocycles. The van der Waals surface area contributed by atoms with Crippen LogP contribution in [0.25, 0.3) is 10.9 Å². The van der Waals surface area contributed by atoms with E-state index in [0.29, 0.717) is 24.4 Å². The second-order valence-electron chi connectivity index (χ2n) is 9.11. The molecule has 3 fully saturated rings. The van der Waals surface area contributed by atoms with Gasteiger partial charge in [0.25, 0.3) is 0 Å². The Hall–Kier alpha value is -1.85. The number of nitrogens with one attached hydrogen (secondary N) is 1. The van der Waals surface area contributed by atoms with Gasteiger partial charge in [0.2, 0.25) is 5.91 Å². The number of hydrogen-bond donors (Lipinski definition) is 1. The molecule has 3 aliphatic rings. The van der Waals surface area contributed by atoms with Crippen molar-refractivity contribution in [1.29, 1.82) is 0 Å². The molecule has 150 valence electrons. The summed E-state index contributed by atoms with van der Waals surface area (Å²) in [6.45, 7) is 7.89. The number of carbonyl (C=O) groups excluding carboxylic acids is 1. The Labute approximate surface area is 167 Å². The van der Waals surface area contributed by atoms with Crippen molar-refractivity contribution in [3.63, 3.8) is 0 Å². The van der Waals surface area contributed by atoms with E-state index in [2.05, 4.69) is 53.0 Å². The Morgan fingerprint density at radius 3 is 3.04 bits per heavy atom. The average Bonchev–Trinajstić information content (AvgIpc) is 3.39. The molecule has 4 heterocycles. The van der Waals surface area contributed by atoms with Gasteiger partial charge in [0, 0.05) is 68.1 Å². The van der Waals surface area contributed by atoms with Crippen molar-refractivity contribution in [3.05, 3.63) is 35.5 Å². The highest BCUT2D eigenvalue weighted by Crippen LogP contribution is 2.54. The molecule has 1 aromatic heterocycles. The molecule has 0 aliphatic carbocycles. The van der Waals surface area contributed by atoms with Gasteiger partial charge in [-0.1, -0.05) is 18.6 Å². The van der Waals surface area contributed by atoms with E-state index < -0.39 is 0 Å². The highest BCUT2D eigenvalue weighted by atomic mass is 16.5. The van der Waals surface area contributed by atoms with Gasteiger partial charge in [-0.05, 0) is 38.0 Å². The van der Waals surface area contributed by atoms with E-state index in [4.69, 9.17) is 4.74 Å². The van der Waals surface area contributed by atoms with Crippen LogP contribution >= 0.6 is 0 Å². The van der Waals surface area contributed by atoms with E-state index in [-0.39, 0.29) is 11.5 Å². The van der Waals surface area contributed by atoms with Crippen molar-refractivity contribution in [2.24, 2.45) is 18.9 Å². The lowest BCUT2D eigenvalue weighted by Crippen LogP contribution is -2.41. The monoisotopic (exact) mass is 381 g/mol. The van der Waals surface area contributed by atoms with Gasteiger partial charge in [0.05, 0.1) is 11.7 Å². The Morgan fingerprint density at radius 1 is 1.36 bits per heavy atom. The van der Waals surface area contributed by atoms with Gasteiger partial charge in [-0.3, -0.25) is 9.69 Å². The number of rotatable bonds is 5. The zero-order valence-electron chi connectivity index (χ0n) is 17.2. The van der Waals surface area contributed by atoms with Gasteiger partial charge < -0.3 is 14.6 Å². The molecule has 5 rings (SSSR count). The Kier molecular flexibility index (Phi) is 4.29. The summed E-state index contributed by atoms with van der Waals surface area (Å²) in [5, 5.41) is 4.45. The minimum atomic E-state index is 0.0213. The Morgan fingerprint density at radius 2 is 2.21 bits per heavy atom. The lowest BCUT2D eigenvalue weighted by Gasteiger charge is -2.29. The number of nitrogens with zero attached hydrogens (tertiary/aromatic N) is 2. The molecule has 5 heteroatoms. The predicted molar refractivity (Wildman–Crippen MR) is 110 cm³/mol. The minimum Gasteiger partial charge on any atom is -0.370 e. The van der Waals surface area contributed by atoms with Crippen molar-refractivity contribution in [2.75, 3.05) is 19.6 Å². The van der Waals surface area contributed by atoms with Gasteiger partial charge in [0.15, 0.2) is 0 Å². The van der Waals surface area contributed by atoms with Crippen LogP contribution in [0.15, 0.2) is 24.3 Å². The fourth-order valence-corrected chi connectivity index (χ4v) is 5.94. The average molecular weight is 382 g/mol. The molecule has 3 saturated heterocycles. The van der Waals surface area contributed by atoms with Gasteiger partial charge in [-0.2, -0.15) is 0 Å². The van der Waals surface area contributed by atoms with Crippen LogP contribution < -0.4 is 5.32 Å². The first-order valence-electron chi connectivity index (χ1n) is 10.7. The van der Waals surface area contributed by atoms with Crippen molar-refractivity contribution in [3.8, 4) is 0 Å². The Balaban J connectivity index is 1.33. The number of aromatic nitrogens is 1. The summed E-state index contributed by atoms with van der Waals surface area (Å²) < 4.78 is 8.87. The largest absolute Gasteiger partial charge is 0.370 e. The molecule has 1 spiro atoms. The van der Waals surface area contributed by atoms with E-state index in [1.54, 1.807) is 0 Å². The van der Waals surface area contributed by atoms with Gasteiger partial charge in [-0.25, -0.2) is 0 Å². The standard InChI is InChI=1S/C23H31N3O2/c1-4-22(27)24-11-18-19-13-26(14-23(19)8-7-21(18)28-23)12-17-10-16-9-15(2)5-6-20(16)25(17)3/h5-6,9-10,18-19,21H,4,7-8,11-14H2,1-3H3,(H,24,27)/t18-,19+,21+,23+/m0/s1. The topological polar surface area (TPSA) is 46.5 Å². The fourth-order valence-electron chi connectivity index (χ4n) is 5.94. The second-order valence-corrected chi connectivity index (χ2v) is 9.11. The number of ether oxygens (including phenoxy) is 1. The minimum absolute atomic E-state index is 0.0213. The normalized spacial score (nSPS) is 31.6. The van der Waals surface area contributed by atoms with E-state index in [1.807, 2.05) is 6.92 Å². The summed E-state index contributed by atoms with van der Waals surface area (Å²) in [6, 6.07) is 9.02. The summed E-state index contributed by atoms with van der Waals surface area (Å²) in [5.41, 5.74) is 3.99. The number of fused-ring (bicyclic) bond motifs is 2. The molecular weight excluding hydrogens is 350 g/mol. The molecular formula is C23H31N3O2. The van der Waals surface area contributed by atoms with Crippen LogP contribution in [0.4, 0.5) is 0 Å². The highest BCUT2D eigenvalue weighted by Gasteiger charge is 2.62. The second kappa shape index (κ2) is 6.60. The number of hydrogen-bond acceptors (Lipinski definition) is 3.